The highest BCUT2D eigenvalue weighted by molar-refractivity contribution is 9.10. The highest BCUT2D eigenvalue weighted by atomic mass is 79.9. The molecule has 0 aliphatic heterocycles. The molecule has 0 amide bonds. The molecule has 3 heteroatoms. The number of hydrogen-bond donors (Lipinski definition) is 1. The van der Waals surface area contributed by atoms with Crippen molar-refractivity contribution in [1.29, 1.82) is 0 Å². The number of aliphatic hydroxyl groups is 1. The van der Waals surface area contributed by atoms with Crippen molar-refractivity contribution in [2.45, 2.75) is 18.9 Å². The van der Waals surface area contributed by atoms with E-state index in [9.17, 15) is 5.11 Å². The van der Waals surface area contributed by atoms with Crippen molar-refractivity contribution < 1.29 is 9.84 Å². The van der Waals surface area contributed by atoms with Crippen LogP contribution in [-0.4, -0.2) is 18.8 Å². The van der Waals surface area contributed by atoms with Gasteiger partial charge in [-0.25, -0.2) is 0 Å². The van der Waals surface area contributed by atoms with E-state index in [0.29, 0.717) is 6.61 Å². The summed E-state index contributed by atoms with van der Waals surface area (Å²) in [5.74, 6) is 0. The van der Waals surface area contributed by atoms with Crippen LogP contribution in [0.2, 0.25) is 0 Å². The van der Waals surface area contributed by atoms with Crippen molar-refractivity contribution >= 4 is 15.9 Å². The van der Waals surface area contributed by atoms with Gasteiger partial charge in [-0.15, -0.1) is 0 Å². The number of rotatable bonds is 5. The molecular formula is C11H15BrO2. The summed E-state index contributed by atoms with van der Waals surface area (Å²) in [6, 6.07) is 7.75. The maximum atomic E-state index is 9.80. The monoisotopic (exact) mass is 258 g/mol. The van der Waals surface area contributed by atoms with Crippen LogP contribution >= 0.6 is 15.9 Å². The molecule has 1 atom stereocenters. The predicted molar refractivity (Wildman–Crippen MR) is 60.2 cm³/mol. The number of ether oxygens (including phenoxy) is 1. The molecular weight excluding hydrogens is 244 g/mol. The van der Waals surface area contributed by atoms with Crippen molar-refractivity contribution in [3.63, 3.8) is 0 Å². The molecule has 0 heterocycles. The van der Waals surface area contributed by atoms with Gasteiger partial charge in [-0.1, -0.05) is 28.1 Å². The molecule has 1 aromatic carbocycles. The molecule has 0 bridgehead atoms. The van der Waals surface area contributed by atoms with Gasteiger partial charge >= 0.3 is 0 Å². The molecule has 78 valence electrons. The van der Waals surface area contributed by atoms with Gasteiger partial charge in [0.2, 0.25) is 0 Å². The van der Waals surface area contributed by atoms with Gasteiger partial charge in [0.1, 0.15) is 0 Å². The minimum Gasteiger partial charge on any atom is -0.388 e. The lowest BCUT2D eigenvalue weighted by atomic mass is 10.1. The van der Waals surface area contributed by atoms with E-state index in [4.69, 9.17) is 4.74 Å². The number of hydrogen-bond acceptors (Lipinski definition) is 2. The first-order valence-corrected chi connectivity index (χ1v) is 5.46. The van der Waals surface area contributed by atoms with Crippen molar-refractivity contribution in [1.82, 2.24) is 0 Å². The largest absolute Gasteiger partial charge is 0.388 e. The van der Waals surface area contributed by atoms with Gasteiger partial charge in [-0.05, 0) is 30.5 Å². The van der Waals surface area contributed by atoms with E-state index in [-0.39, 0.29) is 6.10 Å². The Morgan fingerprint density at radius 2 is 2.29 bits per heavy atom. The van der Waals surface area contributed by atoms with Crippen LogP contribution in [0.15, 0.2) is 28.7 Å². The zero-order valence-electron chi connectivity index (χ0n) is 8.24. The van der Waals surface area contributed by atoms with Crippen LogP contribution in [0.5, 0.6) is 0 Å². The summed E-state index contributed by atoms with van der Waals surface area (Å²) in [4.78, 5) is 0. The van der Waals surface area contributed by atoms with Gasteiger partial charge in [0.05, 0.1) is 6.10 Å². The zero-order valence-corrected chi connectivity index (χ0v) is 9.83. The fourth-order valence-electron chi connectivity index (χ4n) is 1.30. The third-order valence-electron chi connectivity index (χ3n) is 2.06. The van der Waals surface area contributed by atoms with Gasteiger partial charge in [-0.2, -0.15) is 0 Å². The molecule has 0 saturated carbocycles. The highest BCUT2D eigenvalue weighted by Crippen LogP contribution is 2.21. The normalized spacial score (nSPS) is 12.8. The number of methoxy groups -OCH3 is 1. The zero-order chi connectivity index (χ0) is 10.4. The van der Waals surface area contributed by atoms with Crippen molar-refractivity contribution in [2.24, 2.45) is 0 Å². The molecule has 2 nitrogen and oxygen atoms in total. The van der Waals surface area contributed by atoms with Crippen LogP contribution in [-0.2, 0) is 4.74 Å². The van der Waals surface area contributed by atoms with Crippen LogP contribution in [0, 0.1) is 0 Å². The molecule has 0 aliphatic rings. The topological polar surface area (TPSA) is 29.5 Å². The SMILES string of the molecule is COCCCC(O)c1cccc(Br)c1. The number of benzene rings is 1. The lowest BCUT2D eigenvalue weighted by Gasteiger charge is -2.10. The fourth-order valence-corrected chi connectivity index (χ4v) is 1.72. The van der Waals surface area contributed by atoms with Gasteiger partial charge in [-0.3, -0.25) is 0 Å². The van der Waals surface area contributed by atoms with Crippen LogP contribution in [0.1, 0.15) is 24.5 Å². The van der Waals surface area contributed by atoms with Crippen LogP contribution in [0.3, 0.4) is 0 Å². The predicted octanol–water partition coefficient (Wildman–Crippen LogP) is 2.91. The summed E-state index contributed by atoms with van der Waals surface area (Å²) in [6.07, 6.45) is 1.23. The average Bonchev–Trinajstić information content (AvgIpc) is 2.18. The van der Waals surface area contributed by atoms with E-state index in [2.05, 4.69) is 15.9 Å². The number of halogens is 1. The Morgan fingerprint density at radius 3 is 2.93 bits per heavy atom. The molecule has 0 radical (unpaired) electrons. The van der Waals surface area contributed by atoms with Crippen LogP contribution < -0.4 is 0 Å². The molecule has 0 spiro atoms. The van der Waals surface area contributed by atoms with E-state index >= 15 is 0 Å². The fraction of sp³-hybridized carbons (Fsp3) is 0.455. The Bertz CT molecular complexity index is 276. The molecule has 1 rings (SSSR count). The molecule has 0 fully saturated rings. The third kappa shape index (κ3) is 3.78. The summed E-state index contributed by atoms with van der Waals surface area (Å²) in [6.45, 7) is 0.699. The maximum Gasteiger partial charge on any atom is 0.0791 e. The second-order valence-electron chi connectivity index (χ2n) is 3.21. The van der Waals surface area contributed by atoms with E-state index in [1.54, 1.807) is 7.11 Å². The molecule has 0 aliphatic carbocycles. The summed E-state index contributed by atoms with van der Waals surface area (Å²) in [5, 5.41) is 9.80. The number of aliphatic hydroxyl groups excluding tert-OH is 1. The molecule has 1 unspecified atom stereocenters. The van der Waals surface area contributed by atoms with Gasteiger partial charge < -0.3 is 9.84 Å². The third-order valence-corrected chi connectivity index (χ3v) is 2.55. The summed E-state index contributed by atoms with van der Waals surface area (Å²) < 4.78 is 5.93. The van der Waals surface area contributed by atoms with Crippen molar-refractivity contribution in [3.8, 4) is 0 Å². The van der Waals surface area contributed by atoms with Crippen molar-refractivity contribution in [2.75, 3.05) is 13.7 Å². The van der Waals surface area contributed by atoms with Crippen LogP contribution in [0.25, 0.3) is 0 Å². The minimum absolute atomic E-state index is 0.386. The second kappa shape index (κ2) is 6.17. The smallest absolute Gasteiger partial charge is 0.0791 e. The molecule has 1 aromatic rings. The lowest BCUT2D eigenvalue weighted by molar-refractivity contribution is 0.136. The van der Waals surface area contributed by atoms with E-state index in [1.165, 1.54) is 0 Å². The maximum absolute atomic E-state index is 9.80. The quantitative estimate of drug-likeness (QED) is 0.824. The van der Waals surface area contributed by atoms with E-state index in [0.717, 1.165) is 22.9 Å². The first-order valence-electron chi connectivity index (χ1n) is 4.66. The first-order chi connectivity index (χ1) is 6.74. The second-order valence-corrected chi connectivity index (χ2v) is 4.12. The highest BCUT2D eigenvalue weighted by Gasteiger charge is 2.06. The van der Waals surface area contributed by atoms with E-state index in [1.807, 2.05) is 24.3 Å². The molecule has 0 saturated heterocycles. The standard InChI is InChI=1S/C11H15BrO2/c1-14-7-3-6-11(13)9-4-2-5-10(12)8-9/h2,4-5,8,11,13H,3,6-7H2,1H3. The molecule has 14 heavy (non-hydrogen) atoms. The van der Waals surface area contributed by atoms with Gasteiger partial charge in [0, 0.05) is 18.2 Å². The van der Waals surface area contributed by atoms with Crippen molar-refractivity contribution in [3.05, 3.63) is 34.3 Å². The van der Waals surface area contributed by atoms with Gasteiger partial charge in [0.25, 0.3) is 0 Å². The Hall–Kier alpha value is -0.380. The van der Waals surface area contributed by atoms with Crippen LogP contribution in [0.4, 0.5) is 0 Å². The summed E-state index contributed by atoms with van der Waals surface area (Å²) in [5.41, 5.74) is 0.954. The van der Waals surface area contributed by atoms with E-state index < -0.39 is 0 Å². The molecule has 1 N–H and O–H groups in total. The molecule has 0 aromatic heterocycles. The average molecular weight is 259 g/mol. The minimum atomic E-state index is -0.386. The summed E-state index contributed by atoms with van der Waals surface area (Å²) >= 11 is 3.38. The Balaban J connectivity index is 2.47. The van der Waals surface area contributed by atoms with Gasteiger partial charge in [0.15, 0.2) is 0 Å². The Kier molecular flexibility index (Phi) is 5.15. The first kappa shape index (κ1) is 11.7. The lowest BCUT2D eigenvalue weighted by Crippen LogP contribution is -1.99. The Morgan fingerprint density at radius 1 is 1.50 bits per heavy atom. The Labute approximate surface area is 93.0 Å². The summed E-state index contributed by atoms with van der Waals surface area (Å²) in [7, 11) is 1.67.